The minimum atomic E-state index is -3.81. The molecule has 0 saturated heterocycles. The molecule has 2 aromatic heterocycles. The molecule has 0 bridgehead atoms. The Labute approximate surface area is 168 Å². The molecule has 0 saturated carbocycles. The number of nitrogens with zero attached hydrogens (tertiary/aromatic N) is 2. The maximum absolute atomic E-state index is 12.6. The molecule has 1 N–H and O–H groups in total. The van der Waals surface area contributed by atoms with E-state index in [1.54, 1.807) is 18.2 Å². The molecule has 3 rings (SSSR count). The first-order valence-corrected chi connectivity index (χ1v) is 11.0. The van der Waals surface area contributed by atoms with Gasteiger partial charge in [0.25, 0.3) is 5.56 Å². The largest absolute Gasteiger partial charge is 0.495 e. The number of thiophene rings is 1. The predicted octanol–water partition coefficient (Wildman–Crippen LogP) is 2.72. The van der Waals surface area contributed by atoms with Gasteiger partial charge >= 0.3 is 0 Å². The van der Waals surface area contributed by atoms with Gasteiger partial charge in [-0.15, -0.1) is 11.3 Å². The molecule has 0 spiro atoms. The third kappa shape index (κ3) is 4.64. The number of halogens is 1. The number of benzene rings is 1. The zero-order valence-electron chi connectivity index (χ0n) is 14.3. The van der Waals surface area contributed by atoms with Crippen LogP contribution in [-0.4, -0.2) is 31.9 Å². The van der Waals surface area contributed by atoms with E-state index in [9.17, 15) is 13.2 Å². The molecule has 0 aliphatic carbocycles. The number of methoxy groups -OCH3 is 1. The first-order valence-electron chi connectivity index (χ1n) is 7.86. The number of hydrogen-bond donors (Lipinski definition) is 1. The molecule has 0 fully saturated rings. The van der Waals surface area contributed by atoms with Crippen LogP contribution >= 0.6 is 27.3 Å². The first kappa shape index (κ1) is 19.7. The second-order valence-electron chi connectivity index (χ2n) is 5.45. The number of sulfonamides is 1. The minimum Gasteiger partial charge on any atom is -0.495 e. The standard InChI is InChI=1S/C17H16BrN3O4S2/c1-25-14-6-4-12(18)11-16(14)27(23,24)19-8-9-21-17(22)7-5-13(20-21)15-3-2-10-26-15/h2-7,10-11,19H,8-9H2,1H3. The van der Waals surface area contributed by atoms with Crippen molar-refractivity contribution < 1.29 is 13.2 Å². The van der Waals surface area contributed by atoms with E-state index in [0.29, 0.717) is 10.2 Å². The van der Waals surface area contributed by atoms with E-state index < -0.39 is 10.0 Å². The summed E-state index contributed by atoms with van der Waals surface area (Å²) in [7, 11) is -2.40. The fourth-order valence-electron chi connectivity index (χ4n) is 2.39. The van der Waals surface area contributed by atoms with E-state index >= 15 is 0 Å². The molecule has 0 unspecified atom stereocenters. The lowest BCUT2D eigenvalue weighted by atomic mass is 10.3. The van der Waals surface area contributed by atoms with Crippen LogP contribution in [0.4, 0.5) is 0 Å². The zero-order valence-corrected chi connectivity index (χ0v) is 17.5. The second kappa shape index (κ2) is 8.34. The van der Waals surface area contributed by atoms with Crippen LogP contribution in [0.2, 0.25) is 0 Å². The fourth-order valence-corrected chi connectivity index (χ4v) is 4.81. The summed E-state index contributed by atoms with van der Waals surface area (Å²) >= 11 is 4.77. The number of nitrogens with one attached hydrogen (secondary N) is 1. The SMILES string of the molecule is COc1ccc(Br)cc1S(=O)(=O)NCCn1nc(-c2cccs2)ccc1=O. The van der Waals surface area contributed by atoms with Crippen LogP contribution in [0.3, 0.4) is 0 Å². The normalized spacial score (nSPS) is 11.5. The maximum atomic E-state index is 12.6. The smallest absolute Gasteiger partial charge is 0.266 e. The third-order valence-electron chi connectivity index (χ3n) is 3.67. The van der Waals surface area contributed by atoms with Crippen LogP contribution in [-0.2, 0) is 16.6 Å². The van der Waals surface area contributed by atoms with Crippen LogP contribution in [0.25, 0.3) is 10.6 Å². The van der Waals surface area contributed by atoms with Gasteiger partial charge in [-0.1, -0.05) is 22.0 Å². The van der Waals surface area contributed by atoms with Crippen LogP contribution < -0.4 is 15.0 Å². The molecule has 0 aliphatic heterocycles. The number of hydrogen-bond acceptors (Lipinski definition) is 6. The Morgan fingerprint density at radius 1 is 1.26 bits per heavy atom. The van der Waals surface area contributed by atoms with Crippen LogP contribution in [0, 0.1) is 0 Å². The van der Waals surface area contributed by atoms with E-state index in [1.807, 2.05) is 17.5 Å². The lowest BCUT2D eigenvalue weighted by Gasteiger charge is -2.12. The summed E-state index contributed by atoms with van der Waals surface area (Å²) in [4.78, 5) is 13.0. The lowest BCUT2D eigenvalue weighted by Crippen LogP contribution is -2.32. The molecule has 0 aliphatic rings. The van der Waals surface area contributed by atoms with Gasteiger partial charge in [-0.25, -0.2) is 17.8 Å². The van der Waals surface area contributed by atoms with Crippen molar-refractivity contribution in [2.45, 2.75) is 11.4 Å². The van der Waals surface area contributed by atoms with E-state index in [0.717, 1.165) is 4.88 Å². The van der Waals surface area contributed by atoms with Gasteiger partial charge in [-0.05, 0) is 35.7 Å². The van der Waals surface area contributed by atoms with E-state index in [1.165, 1.54) is 35.3 Å². The first-order chi connectivity index (χ1) is 12.9. The number of aromatic nitrogens is 2. The summed E-state index contributed by atoms with van der Waals surface area (Å²) in [5.41, 5.74) is 0.371. The van der Waals surface area contributed by atoms with Gasteiger partial charge in [-0.2, -0.15) is 5.10 Å². The summed E-state index contributed by atoms with van der Waals surface area (Å²) in [6.07, 6.45) is 0. The highest BCUT2D eigenvalue weighted by Gasteiger charge is 2.19. The Balaban J connectivity index is 1.76. The lowest BCUT2D eigenvalue weighted by molar-refractivity contribution is 0.402. The van der Waals surface area contributed by atoms with Gasteiger partial charge in [0.05, 0.1) is 18.5 Å². The summed E-state index contributed by atoms with van der Waals surface area (Å²) in [5, 5.41) is 6.23. The van der Waals surface area contributed by atoms with Crippen molar-refractivity contribution in [3.05, 3.63) is 62.7 Å². The third-order valence-corrected chi connectivity index (χ3v) is 6.54. The topological polar surface area (TPSA) is 90.3 Å². The molecule has 2 heterocycles. The van der Waals surface area contributed by atoms with Crippen molar-refractivity contribution in [2.75, 3.05) is 13.7 Å². The van der Waals surface area contributed by atoms with Crippen LogP contribution in [0.15, 0.2) is 62.0 Å². The monoisotopic (exact) mass is 469 g/mol. The molecule has 27 heavy (non-hydrogen) atoms. The minimum absolute atomic E-state index is 0.0127. The summed E-state index contributed by atoms with van der Waals surface area (Å²) in [6, 6.07) is 11.6. The van der Waals surface area contributed by atoms with Crippen LogP contribution in [0.1, 0.15) is 0 Å². The van der Waals surface area contributed by atoms with E-state index in [2.05, 4.69) is 25.8 Å². The highest BCUT2D eigenvalue weighted by atomic mass is 79.9. The second-order valence-corrected chi connectivity index (χ2v) is 9.05. The van der Waals surface area contributed by atoms with Crippen molar-refractivity contribution in [2.24, 2.45) is 0 Å². The Kier molecular flexibility index (Phi) is 6.10. The molecule has 0 atom stereocenters. The van der Waals surface area contributed by atoms with E-state index in [4.69, 9.17) is 4.74 Å². The van der Waals surface area contributed by atoms with E-state index in [-0.39, 0.29) is 29.3 Å². The Hall–Kier alpha value is -2.01. The zero-order chi connectivity index (χ0) is 19.4. The molecule has 0 radical (unpaired) electrons. The van der Waals surface area contributed by atoms with Gasteiger partial charge in [0.2, 0.25) is 10.0 Å². The van der Waals surface area contributed by atoms with Crippen molar-refractivity contribution in [1.82, 2.24) is 14.5 Å². The van der Waals surface area contributed by atoms with Gasteiger partial charge in [0, 0.05) is 17.1 Å². The quantitative estimate of drug-likeness (QED) is 0.574. The van der Waals surface area contributed by atoms with Crippen molar-refractivity contribution >= 4 is 37.3 Å². The van der Waals surface area contributed by atoms with Crippen molar-refractivity contribution in [3.8, 4) is 16.3 Å². The Bertz CT molecular complexity index is 1100. The molecule has 3 aromatic rings. The molecular weight excluding hydrogens is 454 g/mol. The Morgan fingerprint density at radius 2 is 2.07 bits per heavy atom. The average Bonchev–Trinajstić information content (AvgIpc) is 3.18. The fraction of sp³-hybridized carbons (Fsp3) is 0.176. The number of ether oxygens (including phenoxy) is 1. The maximum Gasteiger partial charge on any atom is 0.266 e. The molecule has 10 heteroatoms. The summed E-state index contributed by atoms with van der Waals surface area (Å²) in [5.74, 6) is 0.237. The molecule has 7 nitrogen and oxygen atoms in total. The summed E-state index contributed by atoms with van der Waals surface area (Å²) < 4.78 is 34.6. The van der Waals surface area contributed by atoms with Crippen LogP contribution in [0.5, 0.6) is 5.75 Å². The molecule has 1 aromatic carbocycles. The summed E-state index contributed by atoms with van der Waals surface area (Å²) in [6.45, 7) is 0.117. The van der Waals surface area contributed by atoms with Crippen molar-refractivity contribution in [3.63, 3.8) is 0 Å². The molecular formula is C17H16BrN3O4S2. The predicted molar refractivity (Wildman–Crippen MR) is 108 cm³/mol. The highest BCUT2D eigenvalue weighted by Crippen LogP contribution is 2.27. The number of rotatable bonds is 7. The molecule has 0 amide bonds. The van der Waals surface area contributed by atoms with Crippen molar-refractivity contribution in [1.29, 1.82) is 0 Å². The molecule has 142 valence electrons. The van der Waals surface area contributed by atoms with Gasteiger partial charge < -0.3 is 4.74 Å². The Morgan fingerprint density at radius 3 is 2.78 bits per heavy atom. The van der Waals surface area contributed by atoms with Gasteiger partial charge in [0.1, 0.15) is 16.3 Å². The highest BCUT2D eigenvalue weighted by molar-refractivity contribution is 9.10. The van der Waals surface area contributed by atoms with Gasteiger partial charge in [-0.3, -0.25) is 4.79 Å². The van der Waals surface area contributed by atoms with Gasteiger partial charge in [0.15, 0.2) is 0 Å². The average molecular weight is 470 g/mol.